The minimum atomic E-state index is -4.35. The molecule has 0 spiro atoms. The minimum absolute atomic E-state index is 0.157. The summed E-state index contributed by atoms with van der Waals surface area (Å²) in [6, 6.07) is 13.0. The molecule has 0 bridgehead atoms. The van der Waals surface area contributed by atoms with Gasteiger partial charge in [-0.15, -0.1) is 0 Å². The number of amides is 1. The van der Waals surface area contributed by atoms with Gasteiger partial charge in [-0.2, -0.15) is 13.2 Å². The molecule has 38 heavy (non-hydrogen) atoms. The van der Waals surface area contributed by atoms with Gasteiger partial charge < -0.3 is 19.7 Å². The Balaban J connectivity index is 1.30. The lowest BCUT2D eigenvalue weighted by Gasteiger charge is -2.36. The fourth-order valence-electron chi connectivity index (χ4n) is 5.02. The van der Waals surface area contributed by atoms with E-state index in [2.05, 4.69) is 4.90 Å². The summed E-state index contributed by atoms with van der Waals surface area (Å²) >= 11 is 0. The topological polar surface area (TPSA) is 76.8 Å². The Kier molecular flexibility index (Phi) is 8.65. The maximum atomic E-state index is 13.2. The molecule has 1 aliphatic rings. The van der Waals surface area contributed by atoms with Gasteiger partial charge in [0.1, 0.15) is 6.09 Å². The van der Waals surface area contributed by atoms with Gasteiger partial charge >= 0.3 is 11.9 Å². The lowest BCUT2D eigenvalue weighted by atomic mass is 10.1. The number of likely N-dealkylation sites (N-methyl/N-ethyl adjacent to an activating group) is 1. The number of halogens is 3. The quantitative estimate of drug-likeness (QED) is 0.375. The third-order valence-corrected chi connectivity index (χ3v) is 7.18. The van der Waals surface area contributed by atoms with Gasteiger partial charge in [-0.05, 0) is 56.6 Å². The minimum Gasteiger partial charge on any atom is -0.530 e. The number of carbonyl (C=O) groups is 1. The zero-order chi connectivity index (χ0) is 27.3. The monoisotopic (exact) mass is 532 g/mol. The molecule has 206 valence electrons. The molecule has 1 amide bonds. The van der Waals surface area contributed by atoms with Crippen molar-refractivity contribution in [3.63, 3.8) is 0 Å². The van der Waals surface area contributed by atoms with Gasteiger partial charge in [-0.3, -0.25) is 14.0 Å². The highest BCUT2D eigenvalue weighted by atomic mass is 19.4. The number of aromatic nitrogens is 2. The van der Waals surface area contributed by atoms with Crippen LogP contribution in [0.15, 0.2) is 53.3 Å². The highest BCUT2D eigenvalue weighted by Gasteiger charge is 2.31. The lowest BCUT2D eigenvalue weighted by Crippen LogP contribution is -2.46. The molecule has 0 unspecified atom stereocenters. The summed E-state index contributed by atoms with van der Waals surface area (Å²) in [5, 5.41) is 11.2. The summed E-state index contributed by atoms with van der Waals surface area (Å²) in [6.45, 7) is 6.71. The molecule has 2 aromatic carbocycles. The Morgan fingerprint density at radius 2 is 1.55 bits per heavy atom. The first-order valence-corrected chi connectivity index (χ1v) is 13.0. The van der Waals surface area contributed by atoms with E-state index < -0.39 is 17.8 Å². The van der Waals surface area contributed by atoms with Crippen molar-refractivity contribution in [3.05, 3.63) is 64.6 Å². The summed E-state index contributed by atoms with van der Waals surface area (Å²) in [6.07, 6.45) is -3.93. The van der Waals surface area contributed by atoms with Crippen LogP contribution in [0.25, 0.3) is 11.0 Å². The molecule has 1 aliphatic heterocycles. The van der Waals surface area contributed by atoms with E-state index in [4.69, 9.17) is 0 Å². The van der Waals surface area contributed by atoms with Crippen molar-refractivity contribution in [1.82, 2.24) is 18.9 Å². The van der Waals surface area contributed by atoms with Crippen LogP contribution in [0.5, 0.6) is 0 Å². The van der Waals surface area contributed by atoms with Crippen LogP contribution in [0.3, 0.4) is 0 Å². The van der Waals surface area contributed by atoms with Crippen LogP contribution in [0.2, 0.25) is 0 Å². The van der Waals surface area contributed by atoms with E-state index in [1.165, 1.54) is 17.0 Å². The smallest absolute Gasteiger partial charge is 0.416 e. The van der Waals surface area contributed by atoms with E-state index in [9.17, 15) is 27.9 Å². The molecule has 1 saturated heterocycles. The van der Waals surface area contributed by atoms with Gasteiger partial charge in [-0.1, -0.05) is 18.2 Å². The Hall–Kier alpha value is -3.47. The molecule has 0 aliphatic carbocycles. The van der Waals surface area contributed by atoms with Crippen molar-refractivity contribution in [3.8, 4) is 0 Å². The van der Waals surface area contributed by atoms with E-state index in [1.807, 2.05) is 29.2 Å². The van der Waals surface area contributed by atoms with Crippen molar-refractivity contribution in [2.24, 2.45) is 0 Å². The Labute approximate surface area is 219 Å². The average molecular weight is 533 g/mol. The van der Waals surface area contributed by atoms with Crippen LogP contribution in [0.1, 0.15) is 25.3 Å². The highest BCUT2D eigenvalue weighted by Crippen LogP contribution is 2.31. The van der Waals surface area contributed by atoms with Gasteiger partial charge in [0.2, 0.25) is 0 Å². The number of carboxylic acid groups (broad SMARTS) is 1. The van der Waals surface area contributed by atoms with Crippen LogP contribution in [0, 0.1) is 0 Å². The van der Waals surface area contributed by atoms with Crippen molar-refractivity contribution in [2.45, 2.75) is 39.0 Å². The third-order valence-electron chi connectivity index (χ3n) is 7.18. The predicted octanol–water partition coefficient (Wildman–Crippen LogP) is 3.09. The Bertz CT molecular complexity index is 1300. The zero-order valence-corrected chi connectivity index (χ0v) is 21.5. The maximum absolute atomic E-state index is 13.2. The predicted molar refractivity (Wildman–Crippen MR) is 138 cm³/mol. The number of hydrogen-bond acceptors (Lipinski definition) is 5. The summed E-state index contributed by atoms with van der Waals surface area (Å²) in [7, 11) is 0. The van der Waals surface area contributed by atoms with Crippen LogP contribution in [-0.4, -0.2) is 70.8 Å². The molecule has 0 N–H and O–H groups in total. The van der Waals surface area contributed by atoms with Gasteiger partial charge in [0.15, 0.2) is 0 Å². The molecular weight excluding hydrogens is 499 g/mol. The second-order valence-electron chi connectivity index (χ2n) is 9.50. The molecular formula is C27H33F3N5O3-. The number of unbranched alkanes of at least 4 members (excludes halogenated alkanes) is 1. The second-order valence-corrected chi connectivity index (χ2v) is 9.50. The first-order valence-electron chi connectivity index (χ1n) is 13.0. The SMILES string of the molecule is CCN(CCn1c(=O)n(CCCCN2CCN(c3cccc(C(F)(F)F)c3)CC2)c2ccccc21)C(=O)[O-]. The molecule has 1 fully saturated rings. The number of anilines is 1. The highest BCUT2D eigenvalue weighted by molar-refractivity contribution is 5.76. The van der Waals surface area contributed by atoms with Crippen molar-refractivity contribution < 1.29 is 23.1 Å². The van der Waals surface area contributed by atoms with E-state index in [1.54, 1.807) is 22.1 Å². The average Bonchev–Trinajstić information content (AvgIpc) is 3.17. The Morgan fingerprint density at radius 3 is 2.16 bits per heavy atom. The number of benzene rings is 2. The maximum Gasteiger partial charge on any atom is 0.416 e. The molecule has 8 nitrogen and oxygen atoms in total. The summed E-state index contributed by atoms with van der Waals surface area (Å²) in [5.74, 6) is 0. The lowest BCUT2D eigenvalue weighted by molar-refractivity contribution is -0.265. The molecule has 0 radical (unpaired) electrons. The number of para-hydroxylation sites is 2. The van der Waals surface area contributed by atoms with E-state index in [0.29, 0.717) is 31.9 Å². The van der Waals surface area contributed by atoms with Crippen LogP contribution < -0.4 is 15.7 Å². The number of imidazole rings is 1. The summed E-state index contributed by atoms with van der Waals surface area (Å²) in [5.41, 5.74) is 1.41. The first kappa shape index (κ1) is 27.6. The fraction of sp³-hybridized carbons (Fsp3) is 0.481. The molecule has 2 heterocycles. The number of alkyl halides is 3. The number of nitrogens with zero attached hydrogens (tertiary/aromatic N) is 5. The number of hydrogen-bond donors (Lipinski definition) is 0. The van der Waals surface area contributed by atoms with Gasteiger partial charge in [0, 0.05) is 58.0 Å². The largest absolute Gasteiger partial charge is 0.530 e. The molecule has 3 aromatic rings. The standard InChI is InChI=1S/C27H34F3N5O3/c1-2-32(26(37)38)18-19-35-24-11-4-3-10-23(24)34(25(35)36)13-6-5-12-31-14-16-33(17-15-31)22-9-7-8-21(20-22)27(28,29)30/h3-4,7-11,20H,2,5-6,12-19H2,1H3,(H,37,38)/p-1. The second kappa shape index (κ2) is 11.9. The van der Waals surface area contributed by atoms with Gasteiger partial charge in [-0.25, -0.2) is 4.79 Å². The number of rotatable bonds is 10. The number of piperazine rings is 1. The molecule has 11 heteroatoms. The zero-order valence-electron chi connectivity index (χ0n) is 21.5. The Morgan fingerprint density at radius 1 is 0.921 bits per heavy atom. The fourth-order valence-corrected chi connectivity index (χ4v) is 5.02. The van der Waals surface area contributed by atoms with Crippen LogP contribution in [0.4, 0.5) is 23.7 Å². The van der Waals surface area contributed by atoms with Crippen LogP contribution in [-0.2, 0) is 19.3 Å². The molecule has 0 atom stereocenters. The molecule has 1 aromatic heterocycles. The molecule has 4 rings (SSSR count). The molecule has 0 saturated carbocycles. The summed E-state index contributed by atoms with van der Waals surface area (Å²) in [4.78, 5) is 29.9. The van der Waals surface area contributed by atoms with Crippen molar-refractivity contribution in [2.75, 3.05) is 50.7 Å². The number of fused-ring (bicyclic) bond motifs is 1. The summed E-state index contributed by atoms with van der Waals surface area (Å²) < 4.78 is 42.5. The first-order chi connectivity index (χ1) is 18.2. The number of carbonyl (C=O) groups excluding carboxylic acids is 1. The van der Waals surface area contributed by atoms with Crippen molar-refractivity contribution >= 4 is 22.8 Å². The normalized spacial score (nSPS) is 14.8. The van der Waals surface area contributed by atoms with E-state index in [-0.39, 0.29) is 18.8 Å². The number of aryl methyl sites for hydroxylation is 1. The van der Waals surface area contributed by atoms with E-state index in [0.717, 1.165) is 49.6 Å². The van der Waals surface area contributed by atoms with Gasteiger partial charge in [0.05, 0.1) is 16.6 Å². The van der Waals surface area contributed by atoms with Gasteiger partial charge in [0.25, 0.3) is 0 Å². The third kappa shape index (κ3) is 6.32. The van der Waals surface area contributed by atoms with Crippen molar-refractivity contribution in [1.29, 1.82) is 0 Å². The van der Waals surface area contributed by atoms with Crippen LogP contribution >= 0.6 is 0 Å². The van der Waals surface area contributed by atoms with E-state index >= 15 is 0 Å².